The van der Waals surface area contributed by atoms with Crippen LogP contribution < -0.4 is 10.5 Å². The van der Waals surface area contributed by atoms with Crippen molar-refractivity contribution in [2.24, 2.45) is 5.73 Å². The number of aryl methyl sites for hydroxylation is 1. The Kier molecular flexibility index (Phi) is 4.35. The summed E-state index contributed by atoms with van der Waals surface area (Å²) in [4.78, 5) is 4.40. The molecule has 20 heavy (non-hydrogen) atoms. The summed E-state index contributed by atoms with van der Waals surface area (Å²) in [5, 5.41) is 0. The Morgan fingerprint density at radius 1 is 1.25 bits per heavy atom. The molecule has 3 nitrogen and oxygen atoms in total. The van der Waals surface area contributed by atoms with Crippen LogP contribution in [0.2, 0.25) is 0 Å². The van der Waals surface area contributed by atoms with E-state index in [0.717, 1.165) is 11.3 Å². The van der Waals surface area contributed by atoms with Gasteiger partial charge in [-0.3, -0.25) is 0 Å². The van der Waals surface area contributed by atoms with Crippen molar-refractivity contribution >= 4 is 17.2 Å². The van der Waals surface area contributed by atoms with E-state index < -0.39 is 0 Å². The zero-order valence-corrected chi connectivity index (χ0v) is 12.7. The zero-order chi connectivity index (χ0) is 14.7. The molecule has 0 spiro atoms. The van der Waals surface area contributed by atoms with E-state index in [0.29, 0.717) is 17.4 Å². The second kappa shape index (κ2) is 6.01. The number of nitrogens with zero attached hydrogens (tertiary/aromatic N) is 1. The molecular formula is C16H18N2OS. The number of hydrogen-bond donors (Lipinski definition) is 1. The van der Waals surface area contributed by atoms with Gasteiger partial charge in [0.15, 0.2) is 5.75 Å². The molecule has 0 aliphatic carbocycles. The summed E-state index contributed by atoms with van der Waals surface area (Å²) in [7, 11) is 0. The molecule has 0 saturated carbocycles. The van der Waals surface area contributed by atoms with Gasteiger partial charge in [-0.1, -0.05) is 38.2 Å². The smallest absolute Gasteiger partial charge is 0.156 e. The van der Waals surface area contributed by atoms with Crippen molar-refractivity contribution in [2.75, 3.05) is 0 Å². The first kappa shape index (κ1) is 14.5. The molecule has 0 bridgehead atoms. The molecule has 0 aliphatic rings. The van der Waals surface area contributed by atoms with Crippen LogP contribution in [0.25, 0.3) is 0 Å². The van der Waals surface area contributed by atoms with Crippen molar-refractivity contribution in [3.8, 4) is 11.5 Å². The van der Waals surface area contributed by atoms with Crippen molar-refractivity contribution < 1.29 is 4.74 Å². The number of nitrogens with two attached hydrogens (primary N) is 1. The monoisotopic (exact) mass is 286 g/mol. The van der Waals surface area contributed by atoms with Gasteiger partial charge in [-0.15, -0.1) is 0 Å². The molecule has 0 unspecified atom stereocenters. The van der Waals surface area contributed by atoms with Gasteiger partial charge in [-0.05, 0) is 42.2 Å². The van der Waals surface area contributed by atoms with E-state index in [1.807, 2.05) is 13.0 Å². The summed E-state index contributed by atoms with van der Waals surface area (Å²) in [5.41, 5.74) is 8.47. The Hall–Kier alpha value is -1.94. The quantitative estimate of drug-likeness (QED) is 0.865. The van der Waals surface area contributed by atoms with Gasteiger partial charge < -0.3 is 10.5 Å². The lowest BCUT2D eigenvalue weighted by Crippen LogP contribution is -2.12. The lowest BCUT2D eigenvalue weighted by molar-refractivity contribution is 0.474. The maximum absolute atomic E-state index is 5.96. The number of rotatable bonds is 4. The maximum atomic E-state index is 5.96. The number of ether oxygens (including phenoxy) is 1. The molecule has 2 N–H and O–H groups in total. The lowest BCUT2D eigenvalue weighted by Gasteiger charge is -2.14. The Morgan fingerprint density at radius 3 is 2.65 bits per heavy atom. The second-order valence-corrected chi connectivity index (χ2v) is 5.44. The molecule has 0 amide bonds. The summed E-state index contributed by atoms with van der Waals surface area (Å²) in [5.74, 6) is 1.84. The third-order valence-corrected chi connectivity index (χ3v) is 3.30. The van der Waals surface area contributed by atoms with Gasteiger partial charge in [0, 0.05) is 6.20 Å². The van der Waals surface area contributed by atoms with Crippen molar-refractivity contribution in [3.63, 3.8) is 0 Å². The first-order chi connectivity index (χ1) is 9.49. The highest BCUT2D eigenvalue weighted by Crippen LogP contribution is 2.29. The van der Waals surface area contributed by atoms with E-state index in [2.05, 4.69) is 37.0 Å². The average Bonchev–Trinajstić information content (AvgIpc) is 2.41. The molecule has 1 aromatic carbocycles. The van der Waals surface area contributed by atoms with Crippen LogP contribution in [0, 0.1) is 6.92 Å². The van der Waals surface area contributed by atoms with E-state index in [9.17, 15) is 0 Å². The largest absolute Gasteiger partial charge is 0.455 e. The summed E-state index contributed by atoms with van der Waals surface area (Å²) < 4.78 is 5.96. The minimum atomic E-state index is 0.235. The minimum absolute atomic E-state index is 0.235. The SMILES string of the molecule is Cc1ccc(C(C)C)cc1Oc1cccnc1C(N)=S. The molecule has 0 atom stereocenters. The van der Waals surface area contributed by atoms with Gasteiger partial charge in [0.2, 0.25) is 0 Å². The third kappa shape index (κ3) is 3.14. The Morgan fingerprint density at radius 2 is 2.00 bits per heavy atom. The molecule has 0 aliphatic heterocycles. The van der Waals surface area contributed by atoms with Crippen LogP contribution in [-0.4, -0.2) is 9.97 Å². The normalized spacial score (nSPS) is 10.6. The van der Waals surface area contributed by atoms with Crippen LogP contribution in [0.15, 0.2) is 36.5 Å². The summed E-state index contributed by atoms with van der Waals surface area (Å²) >= 11 is 5.00. The highest BCUT2D eigenvalue weighted by molar-refractivity contribution is 7.80. The minimum Gasteiger partial charge on any atom is -0.455 e. The van der Waals surface area contributed by atoms with Crippen molar-refractivity contribution in [2.45, 2.75) is 26.7 Å². The van der Waals surface area contributed by atoms with Gasteiger partial charge >= 0.3 is 0 Å². The fourth-order valence-electron chi connectivity index (χ4n) is 1.86. The maximum Gasteiger partial charge on any atom is 0.156 e. The molecule has 2 rings (SSSR count). The predicted octanol–water partition coefficient (Wildman–Crippen LogP) is 3.94. The highest BCUT2D eigenvalue weighted by Gasteiger charge is 2.11. The molecule has 4 heteroatoms. The van der Waals surface area contributed by atoms with E-state index in [-0.39, 0.29) is 4.99 Å². The Balaban J connectivity index is 2.40. The second-order valence-electron chi connectivity index (χ2n) is 5.00. The molecule has 0 saturated heterocycles. The molecule has 0 radical (unpaired) electrons. The van der Waals surface area contributed by atoms with E-state index in [1.54, 1.807) is 12.3 Å². The predicted molar refractivity (Wildman–Crippen MR) is 85.5 cm³/mol. The van der Waals surface area contributed by atoms with E-state index in [1.165, 1.54) is 5.56 Å². The molecule has 1 heterocycles. The number of hydrogen-bond acceptors (Lipinski definition) is 3. The van der Waals surface area contributed by atoms with E-state index in [4.69, 9.17) is 22.7 Å². The van der Waals surface area contributed by atoms with Gasteiger partial charge in [0.1, 0.15) is 16.4 Å². The fraction of sp³-hybridized carbons (Fsp3) is 0.250. The van der Waals surface area contributed by atoms with Crippen molar-refractivity contribution in [3.05, 3.63) is 53.3 Å². The van der Waals surface area contributed by atoms with Gasteiger partial charge in [0.25, 0.3) is 0 Å². The zero-order valence-electron chi connectivity index (χ0n) is 11.9. The van der Waals surface area contributed by atoms with Crippen LogP contribution in [-0.2, 0) is 0 Å². The molecular weight excluding hydrogens is 268 g/mol. The first-order valence-corrected chi connectivity index (χ1v) is 6.93. The molecule has 0 fully saturated rings. The van der Waals surface area contributed by atoms with Gasteiger partial charge in [-0.25, -0.2) is 4.98 Å². The number of thiocarbonyl (C=S) groups is 1. The molecule has 104 valence electrons. The summed E-state index contributed by atoms with van der Waals surface area (Å²) in [6.07, 6.45) is 1.65. The number of pyridine rings is 1. The summed E-state index contributed by atoms with van der Waals surface area (Å²) in [6.45, 7) is 6.31. The van der Waals surface area contributed by atoms with Crippen LogP contribution >= 0.6 is 12.2 Å². The van der Waals surface area contributed by atoms with Crippen LogP contribution in [0.1, 0.15) is 36.6 Å². The van der Waals surface area contributed by atoms with Gasteiger partial charge in [-0.2, -0.15) is 0 Å². The summed E-state index contributed by atoms with van der Waals surface area (Å²) in [6, 6.07) is 9.85. The van der Waals surface area contributed by atoms with Crippen LogP contribution in [0.4, 0.5) is 0 Å². The van der Waals surface area contributed by atoms with E-state index >= 15 is 0 Å². The van der Waals surface area contributed by atoms with Crippen LogP contribution in [0.5, 0.6) is 11.5 Å². The number of aromatic nitrogens is 1. The number of benzene rings is 1. The third-order valence-electron chi connectivity index (χ3n) is 3.10. The first-order valence-electron chi connectivity index (χ1n) is 6.52. The van der Waals surface area contributed by atoms with Crippen LogP contribution in [0.3, 0.4) is 0 Å². The molecule has 1 aromatic heterocycles. The standard InChI is InChI=1S/C16H18N2OS/c1-10(2)12-7-6-11(3)14(9-12)19-13-5-4-8-18-15(13)16(17)20/h4-10H,1-3H3,(H2,17,20). The van der Waals surface area contributed by atoms with Crippen molar-refractivity contribution in [1.29, 1.82) is 0 Å². The lowest BCUT2D eigenvalue weighted by atomic mass is 10.0. The average molecular weight is 286 g/mol. The van der Waals surface area contributed by atoms with Crippen molar-refractivity contribution in [1.82, 2.24) is 4.98 Å². The Bertz CT molecular complexity index is 638. The molecule has 2 aromatic rings. The fourth-order valence-corrected chi connectivity index (χ4v) is 2.02. The Labute approximate surface area is 124 Å². The topological polar surface area (TPSA) is 48.1 Å². The highest BCUT2D eigenvalue weighted by atomic mass is 32.1. The van der Waals surface area contributed by atoms with Gasteiger partial charge in [0.05, 0.1) is 0 Å².